The molecule has 0 amide bonds. The van der Waals surface area contributed by atoms with Crippen LogP contribution in [0.3, 0.4) is 0 Å². The highest BCUT2D eigenvalue weighted by Crippen LogP contribution is 2.27. The lowest BCUT2D eigenvalue weighted by molar-refractivity contribution is -0.00911. The molecule has 1 aromatic carbocycles. The fourth-order valence-corrected chi connectivity index (χ4v) is 2.44. The van der Waals surface area contributed by atoms with Gasteiger partial charge in [-0.25, -0.2) is 0 Å². The van der Waals surface area contributed by atoms with E-state index in [1.807, 2.05) is 39.0 Å². The number of carbonyl (C=O) groups excluding carboxylic acids is 1. The first kappa shape index (κ1) is 13.3. The molecule has 1 aliphatic carbocycles. The molecule has 0 radical (unpaired) electrons. The van der Waals surface area contributed by atoms with Crippen molar-refractivity contribution in [1.29, 1.82) is 0 Å². The molecule has 0 aromatic heterocycles. The van der Waals surface area contributed by atoms with Gasteiger partial charge in [-0.05, 0) is 45.6 Å². The summed E-state index contributed by atoms with van der Waals surface area (Å²) >= 11 is 0. The molecule has 2 nitrogen and oxygen atoms in total. The van der Waals surface area contributed by atoms with Crippen molar-refractivity contribution >= 4 is 5.78 Å². The van der Waals surface area contributed by atoms with E-state index in [4.69, 9.17) is 4.74 Å². The zero-order valence-electron chi connectivity index (χ0n) is 11.5. The van der Waals surface area contributed by atoms with Crippen LogP contribution in [0.5, 0.6) is 0 Å². The molecule has 1 aromatic rings. The summed E-state index contributed by atoms with van der Waals surface area (Å²) < 4.78 is 5.72. The van der Waals surface area contributed by atoms with E-state index in [1.165, 1.54) is 5.56 Å². The third-order valence-corrected chi connectivity index (χ3v) is 3.42. The van der Waals surface area contributed by atoms with Gasteiger partial charge in [0, 0.05) is 18.1 Å². The van der Waals surface area contributed by atoms with Crippen LogP contribution in [-0.4, -0.2) is 18.0 Å². The van der Waals surface area contributed by atoms with E-state index in [2.05, 4.69) is 6.07 Å². The Hall–Kier alpha value is -1.15. The van der Waals surface area contributed by atoms with Crippen molar-refractivity contribution in [3.05, 3.63) is 35.4 Å². The Balaban J connectivity index is 1.96. The van der Waals surface area contributed by atoms with E-state index in [0.29, 0.717) is 12.4 Å². The van der Waals surface area contributed by atoms with Crippen LogP contribution in [0.4, 0.5) is 0 Å². The fourth-order valence-electron chi connectivity index (χ4n) is 2.44. The Labute approximate surface area is 109 Å². The number of benzene rings is 1. The lowest BCUT2D eigenvalue weighted by Crippen LogP contribution is -2.26. The van der Waals surface area contributed by atoms with Gasteiger partial charge in [0.05, 0.1) is 5.60 Å². The molecule has 0 heterocycles. The third kappa shape index (κ3) is 3.20. The first-order chi connectivity index (χ1) is 8.47. The minimum absolute atomic E-state index is 0.115. The van der Waals surface area contributed by atoms with Crippen molar-refractivity contribution in [1.82, 2.24) is 0 Å². The predicted molar refractivity (Wildman–Crippen MR) is 72.9 cm³/mol. The SMILES string of the molecule is CC(C)(C)OCCC1CCc2ccccc2C1=O. The molecular weight excluding hydrogens is 224 g/mol. The highest BCUT2D eigenvalue weighted by Gasteiger charge is 2.27. The molecule has 0 aliphatic heterocycles. The van der Waals surface area contributed by atoms with Gasteiger partial charge < -0.3 is 4.74 Å². The molecule has 98 valence electrons. The number of ether oxygens (including phenoxy) is 1. The smallest absolute Gasteiger partial charge is 0.166 e. The Morgan fingerprint density at radius 2 is 2.00 bits per heavy atom. The second-order valence-electron chi connectivity index (χ2n) is 6.01. The summed E-state index contributed by atoms with van der Waals surface area (Å²) in [5.41, 5.74) is 2.01. The molecule has 0 bridgehead atoms. The summed E-state index contributed by atoms with van der Waals surface area (Å²) in [6, 6.07) is 7.98. The maximum atomic E-state index is 12.3. The van der Waals surface area contributed by atoms with E-state index < -0.39 is 0 Å². The summed E-state index contributed by atoms with van der Waals surface area (Å²) in [6.45, 7) is 6.81. The Kier molecular flexibility index (Phi) is 3.86. The highest BCUT2D eigenvalue weighted by atomic mass is 16.5. The number of ketones is 1. The second-order valence-corrected chi connectivity index (χ2v) is 6.01. The van der Waals surface area contributed by atoms with E-state index in [0.717, 1.165) is 24.8 Å². The topological polar surface area (TPSA) is 26.3 Å². The second kappa shape index (κ2) is 5.23. The zero-order chi connectivity index (χ0) is 13.2. The average Bonchev–Trinajstić information content (AvgIpc) is 2.31. The zero-order valence-corrected chi connectivity index (χ0v) is 11.5. The van der Waals surface area contributed by atoms with Gasteiger partial charge in [0.15, 0.2) is 5.78 Å². The maximum Gasteiger partial charge on any atom is 0.166 e. The molecule has 2 heteroatoms. The van der Waals surface area contributed by atoms with Crippen LogP contribution >= 0.6 is 0 Å². The number of hydrogen-bond acceptors (Lipinski definition) is 2. The number of hydrogen-bond donors (Lipinski definition) is 0. The van der Waals surface area contributed by atoms with Crippen molar-refractivity contribution in [3.8, 4) is 0 Å². The minimum atomic E-state index is -0.115. The Morgan fingerprint density at radius 3 is 2.72 bits per heavy atom. The third-order valence-electron chi connectivity index (χ3n) is 3.42. The number of Topliss-reactive ketones (excluding diaryl/α,β-unsaturated/α-hetero) is 1. The summed E-state index contributed by atoms with van der Waals surface area (Å²) in [5, 5.41) is 0. The molecule has 0 N–H and O–H groups in total. The van der Waals surface area contributed by atoms with Crippen molar-refractivity contribution in [2.75, 3.05) is 6.61 Å². The lowest BCUT2D eigenvalue weighted by Gasteiger charge is -2.25. The first-order valence-corrected chi connectivity index (χ1v) is 6.73. The number of carbonyl (C=O) groups is 1. The normalized spacial score (nSPS) is 19.7. The fraction of sp³-hybridized carbons (Fsp3) is 0.562. The monoisotopic (exact) mass is 246 g/mol. The van der Waals surface area contributed by atoms with Gasteiger partial charge >= 0.3 is 0 Å². The van der Waals surface area contributed by atoms with Crippen LogP contribution in [0, 0.1) is 5.92 Å². The van der Waals surface area contributed by atoms with Crippen LogP contribution in [-0.2, 0) is 11.2 Å². The van der Waals surface area contributed by atoms with Crippen LogP contribution in [0.15, 0.2) is 24.3 Å². The van der Waals surface area contributed by atoms with Crippen molar-refractivity contribution < 1.29 is 9.53 Å². The predicted octanol–water partition coefficient (Wildman–Crippen LogP) is 3.64. The average molecular weight is 246 g/mol. The van der Waals surface area contributed by atoms with E-state index in [9.17, 15) is 4.79 Å². The molecule has 1 aliphatic rings. The van der Waals surface area contributed by atoms with Gasteiger partial charge in [-0.1, -0.05) is 24.3 Å². The molecular formula is C16H22O2. The van der Waals surface area contributed by atoms with Crippen LogP contribution in [0.2, 0.25) is 0 Å². The molecule has 1 atom stereocenters. The van der Waals surface area contributed by atoms with Gasteiger partial charge in [0.25, 0.3) is 0 Å². The van der Waals surface area contributed by atoms with Gasteiger partial charge in [-0.15, -0.1) is 0 Å². The van der Waals surface area contributed by atoms with Gasteiger partial charge in [-0.2, -0.15) is 0 Å². The van der Waals surface area contributed by atoms with Gasteiger partial charge in [0.2, 0.25) is 0 Å². The molecule has 18 heavy (non-hydrogen) atoms. The Bertz CT molecular complexity index is 429. The van der Waals surface area contributed by atoms with Crippen LogP contribution in [0.1, 0.15) is 49.5 Å². The first-order valence-electron chi connectivity index (χ1n) is 6.73. The van der Waals surface area contributed by atoms with Crippen molar-refractivity contribution in [2.24, 2.45) is 5.92 Å². The van der Waals surface area contributed by atoms with Crippen molar-refractivity contribution in [3.63, 3.8) is 0 Å². The lowest BCUT2D eigenvalue weighted by atomic mass is 9.81. The molecule has 0 saturated carbocycles. The minimum Gasteiger partial charge on any atom is -0.376 e. The standard InChI is InChI=1S/C16H22O2/c1-16(2,3)18-11-10-13-9-8-12-6-4-5-7-14(12)15(13)17/h4-7,13H,8-11H2,1-3H3. The van der Waals surface area contributed by atoms with Crippen LogP contribution in [0.25, 0.3) is 0 Å². The van der Waals surface area contributed by atoms with Gasteiger partial charge in [-0.3, -0.25) is 4.79 Å². The van der Waals surface area contributed by atoms with Crippen molar-refractivity contribution in [2.45, 2.75) is 45.6 Å². The quantitative estimate of drug-likeness (QED) is 0.814. The largest absolute Gasteiger partial charge is 0.376 e. The summed E-state index contributed by atoms with van der Waals surface area (Å²) in [4.78, 5) is 12.3. The molecule has 1 unspecified atom stereocenters. The Morgan fingerprint density at radius 1 is 1.28 bits per heavy atom. The summed E-state index contributed by atoms with van der Waals surface area (Å²) in [7, 11) is 0. The van der Waals surface area contributed by atoms with Gasteiger partial charge in [0.1, 0.15) is 0 Å². The van der Waals surface area contributed by atoms with Crippen LogP contribution < -0.4 is 0 Å². The molecule has 0 fully saturated rings. The van der Waals surface area contributed by atoms with E-state index in [1.54, 1.807) is 0 Å². The molecule has 2 rings (SSSR count). The van der Waals surface area contributed by atoms with E-state index in [-0.39, 0.29) is 11.5 Å². The molecule has 0 saturated heterocycles. The number of fused-ring (bicyclic) bond motifs is 1. The highest BCUT2D eigenvalue weighted by molar-refractivity contribution is 6.00. The summed E-state index contributed by atoms with van der Waals surface area (Å²) in [5.74, 6) is 0.441. The maximum absolute atomic E-state index is 12.3. The number of rotatable bonds is 3. The van der Waals surface area contributed by atoms with E-state index >= 15 is 0 Å². The number of aryl methyl sites for hydroxylation is 1. The molecule has 0 spiro atoms. The summed E-state index contributed by atoms with van der Waals surface area (Å²) in [6.07, 6.45) is 2.82.